The van der Waals surface area contributed by atoms with Gasteiger partial charge in [0.25, 0.3) is 0 Å². The minimum Gasteiger partial charge on any atom is -0.480 e. The molecule has 1 atom stereocenters. The minimum atomic E-state index is -1.01. The van der Waals surface area contributed by atoms with Gasteiger partial charge in [0.05, 0.1) is 0 Å². The number of carboxylic acid groups (broad SMARTS) is 1. The molecule has 0 spiro atoms. The number of hydrogen-bond donors (Lipinski definition) is 3. The molecule has 0 aliphatic rings. The van der Waals surface area contributed by atoms with E-state index in [4.69, 9.17) is 10.3 Å². The highest BCUT2D eigenvalue weighted by Gasteiger charge is 2.13. The van der Waals surface area contributed by atoms with Crippen LogP contribution in [0.25, 0.3) is 0 Å². The Morgan fingerprint density at radius 1 is 1.78 bits per heavy atom. The summed E-state index contributed by atoms with van der Waals surface area (Å²) < 4.78 is 0. The molecular formula is C5H11NO3. The van der Waals surface area contributed by atoms with Crippen LogP contribution in [0.15, 0.2) is 0 Å². The van der Waals surface area contributed by atoms with Crippen molar-refractivity contribution in [2.24, 2.45) is 0 Å². The van der Waals surface area contributed by atoms with Gasteiger partial charge in [0.1, 0.15) is 6.04 Å². The van der Waals surface area contributed by atoms with E-state index in [9.17, 15) is 4.79 Å². The van der Waals surface area contributed by atoms with Crippen molar-refractivity contribution < 1.29 is 15.1 Å². The first-order chi connectivity index (χ1) is 4.22. The molecule has 0 aromatic rings. The van der Waals surface area contributed by atoms with Gasteiger partial charge in [0.15, 0.2) is 0 Å². The SMILES string of the molecule is CCCC(NO)C(=O)O. The summed E-state index contributed by atoms with van der Waals surface area (Å²) in [7, 11) is 0. The zero-order chi connectivity index (χ0) is 7.28. The van der Waals surface area contributed by atoms with Crippen LogP contribution in [0.2, 0.25) is 0 Å². The molecule has 4 heteroatoms. The standard InChI is InChI=1S/C5H11NO3/c1-2-3-4(6-9)5(7)8/h4,6,9H,2-3H2,1H3,(H,7,8). The maximum absolute atomic E-state index is 10.1. The zero-order valence-corrected chi connectivity index (χ0v) is 5.29. The van der Waals surface area contributed by atoms with Gasteiger partial charge in [-0.15, -0.1) is 0 Å². The first-order valence-corrected chi connectivity index (χ1v) is 2.84. The van der Waals surface area contributed by atoms with E-state index < -0.39 is 12.0 Å². The molecule has 0 heterocycles. The van der Waals surface area contributed by atoms with Gasteiger partial charge >= 0.3 is 5.97 Å². The minimum absolute atomic E-state index is 0.450. The molecule has 0 aromatic carbocycles. The largest absolute Gasteiger partial charge is 0.480 e. The highest BCUT2D eigenvalue weighted by molar-refractivity contribution is 5.73. The molecule has 0 aliphatic heterocycles. The maximum atomic E-state index is 10.1. The van der Waals surface area contributed by atoms with Crippen LogP contribution in [0.1, 0.15) is 19.8 Å². The molecule has 0 amide bonds. The molecule has 0 bridgehead atoms. The second-order valence-corrected chi connectivity index (χ2v) is 1.81. The Labute approximate surface area is 53.5 Å². The Hall–Kier alpha value is -0.610. The Morgan fingerprint density at radius 2 is 2.33 bits per heavy atom. The fraction of sp³-hybridized carbons (Fsp3) is 0.800. The second kappa shape index (κ2) is 4.29. The fourth-order valence-electron chi connectivity index (χ4n) is 0.532. The molecule has 1 unspecified atom stereocenters. The van der Waals surface area contributed by atoms with Crippen LogP contribution < -0.4 is 5.48 Å². The van der Waals surface area contributed by atoms with Gasteiger partial charge in [-0.25, -0.2) is 0 Å². The number of aliphatic carboxylic acids is 1. The summed E-state index contributed by atoms with van der Waals surface area (Å²) in [5.41, 5.74) is 1.70. The van der Waals surface area contributed by atoms with E-state index in [0.717, 1.165) is 6.42 Å². The molecule has 0 aromatic heterocycles. The fourth-order valence-corrected chi connectivity index (χ4v) is 0.532. The first-order valence-electron chi connectivity index (χ1n) is 2.84. The number of hydroxylamine groups is 1. The van der Waals surface area contributed by atoms with Gasteiger partial charge < -0.3 is 10.3 Å². The van der Waals surface area contributed by atoms with Crippen molar-refractivity contribution in [3.63, 3.8) is 0 Å². The topological polar surface area (TPSA) is 69.6 Å². The van der Waals surface area contributed by atoms with E-state index in [1.165, 1.54) is 0 Å². The van der Waals surface area contributed by atoms with Gasteiger partial charge in [0, 0.05) is 0 Å². The average molecular weight is 133 g/mol. The monoisotopic (exact) mass is 133 g/mol. The van der Waals surface area contributed by atoms with E-state index in [1.807, 2.05) is 6.92 Å². The third kappa shape index (κ3) is 3.05. The second-order valence-electron chi connectivity index (χ2n) is 1.81. The summed E-state index contributed by atoms with van der Waals surface area (Å²) in [6, 6.07) is -0.810. The van der Waals surface area contributed by atoms with Gasteiger partial charge in [-0.2, -0.15) is 5.48 Å². The summed E-state index contributed by atoms with van der Waals surface area (Å²) >= 11 is 0. The molecule has 4 nitrogen and oxygen atoms in total. The maximum Gasteiger partial charge on any atom is 0.323 e. The average Bonchev–Trinajstić information content (AvgIpc) is 1.82. The lowest BCUT2D eigenvalue weighted by molar-refractivity contribution is -0.142. The molecule has 0 rings (SSSR count). The summed E-state index contributed by atoms with van der Waals surface area (Å²) in [6.07, 6.45) is 1.19. The van der Waals surface area contributed by atoms with Gasteiger partial charge in [-0.3, -0.25) is 4.79 Å². The lowest BCUT2D eigenvalue weighted by atomic mass is 10.2. The smallest absolute Gasteiger partial charge is 0.323 e. The Balaban J connectivity index is 3.54. The van der Waals surface area contributed by atoms with Crippen LogP contribution in [0.5, 0.6) is 0 Å². The van der Waals surface area contributed by atoms with Gasteiger partial charge in [-0.05, 0) is 6.42 Å². The summed E-state index contributed by atoms with van der Waals surface area (Å²) in [4.78, 5) is 10.1. The van der Waals surface area contributed by atoms with Gasteiger partial charge in [-0.1, -0.05) is 13.3 Å². The van der Waals surface area contributed by atoms with Crippen LogP contribution in [0, 0.1) is 0 Å². The van der Waals surface area contributed by atoms with Crippen LogP contribution in [0.3, 0.4) is 0 Å². The molecular weight excluding hydrogens is 122 g/mol. The van der Waals surface area contributed by atoms with E-state index in [2.05, 4.69) is 0 Å². The Bertz CT molecular complexity index is 94.2. The predicted octanol–water partition coefficient (Wildman–Crippen LogP) is 0.218. The van der Waals surface area contributed by atoms with Crippen molar-refractivity contribution in [1.29, 1.82) is 0 Å². The predicted molar refractivity (Wildman–Crippen MR) is 31.3 cm³/mol. The molecule has 3 N–H and O–H groups in total. The molecule has 0 saturated heterocycles. The summed E-state index contributed by atoms with van der Waals surface area (Å²) in [6.45, 7) is 1.85. The third-order valence-corrected chi connectivity index (χ3v) is 1.03. The highest BCUT2D eigenvalue weighted by atomic mass is 16.5. The number of hydrogen-bond acceptors (Lipinski definition) is 3. The first kappa shape index (κ1) is 8.39. The quantitative estimate of drug-likeness (QED) is 0.480. The molecule has 9 heavy (non-hydrogen) atoms. The van der Waals surface area contributed by atoms with Crippen LogP contribution in [-0.2, 0) is 4.79 Å². The summed E-state index contributed by atoms with van der Waals surface area (Å²) in [5.74, 6) is -1.01. The Kier molecular flexibility index (Phi) is 4.00. The third-order valence-electron chi connectivity index (χ3n) is 1.03. The highest BCUT2D eigenvalue weighted by Crippen LogP contribution is 1.94. The van der Waals surface area contributed by atoms with E-state index >= 15 is 0 Å². The lowest BCUT2D eigenvalue weighted by Crippen LogP contribution is -2.33. The summed E-state index contributed by atoms with van der Waals surface area (Å²) in [5, 5.41) is 16.5. The van der Waals surface area contributed by atoms with Crippen LogP contribution in [0.4, 0.5) is 0 Å². The van der Waals surface area contributed by atoms with Crippen molar-refractivity contribution in [1.82, 2.24) is 5.48 Å². The van der Waals surface area contributed by atoms with Crippen molar-refractivity contribution in [2.75, 3.05) is 0 Å². The molecule has 0 aliphatic carbocycles. The molecule has 0 fully saturated rings. The van der Waals surface area contributed by atoms with Crippen LogP contribution in [-0.4, -0.2) is 22.3 Å². The Morgan fingerprint density at radius 3 is 2.44 bits per heavy atom. The van der Waals surface area contributed by atoms with E-state index in [-0.39, 0.29) is 0 Å². The molecule has 0 saturated carbocycles. The van der Waals surface area contributed by atoms with Crippen molar-refractivity contribution in [3.8, 4) is 0 Å². The molecule has 54 valence electrons. The zero-order valence-electron chi connectivity index (χ0n) is 5.29. The lowest BCUT2D eigenvalue weighted by Gasteiger charge is -2.06. The van der Waals surface area contributed by atoms with Gasteiger partial charge in [0.2, 0.25) is 0 Å². The number of carbonyl (C=O) groups is 1. The van der Waals surface area contributed by atoms with E-state index in [1.54, 1.807) is 5.48 Å². The normalized spacial score (nSPS) is 13.1. The van der Waals surface area contributed by atoms with E-state index in [0.29, 0.717) is 6.42 Å². The van der Waals surface area contributed by atoms with Crippen molar-refractivity contribution in [3.05, 3.63) is 0 Å². The van der Waals surface area contributed by atoms with Crippen molar-refractivity contribution in [2.45, 2.75) is 25.8 Å². The van der Waals surface area contributed by atoms with Crippen LogP contribution >= 0.6 is 0 Å². The number of nitrogens with one attached hydrogen (secondary N) is 1. The number of carboxylic acids is 1. The van der Waals surface area contributed by atoms with Crippen molar-refractivity contribution >= 4 is 5.97 Å². The number of rotatable bonds is 4. The molecule has 0 radical (unpaired) electrons.